The molecule has 1 fully saturated rings. The number of hydrogen-bond donors (Lipinski definition) is 1. The van der Waals surface area contributed by atoms with Crippen molar-refractivity contribution in [1.82, 2.24) is 19.9 Å². The van der Waals surface area contributed by atoms with Crippen molar-refractivity contribution < 1.29 is 4.79 Å². The predicted molar refractivity (Wildman–Crippen MR) is 141 cm³/mol. The van der Waals surface area contributed by atoms with Gasteiger partial charge in [0.1, 0.15) is 5.82 Å². The number of carbonyl (C=O) groups is 1. The van der Waals surface area contributed by atoms with Crippen molar-refractivity contribution in [3.8, 4) is 11.3 Å². The predicted octanol–water partition coefficient (Wildman–Crippen LogP) is 5.16. The van der Waals surface area contributed by atoms with Gasteiger partial charge < -0.3 is 10.2 Å². The molecule has 4 aromatic rings. The Morgan fingerprint density at radius 1 is 0.943 bits per heavy atom. The number of aryl methyl sites for hydroxylation is 4. The van der Waals surface area contributed by atoms with Gasteiger partial charge in [0.25, 0.3) is 0 Å². The number of rotatable bonds is 5. The topological polar surface area (TPSA) is 62.5 Å². The molecule has 0 radical (unpaired) electrons. The monoisotopic (exact) mass is 467 g/mol. The summed E-state index contributed by atoms with van der Waals surface area (Å²) < 4.78 is 1.96. The average molecular weight is 468 g/mol. The lowest BCUT2D eigenvalue weighted by Crippen LogP contribution is -2.41. The van der Waals surface area contributed by atoms with Crippen molar-refractivity contribution >= 4 is 17.4 Å². The summed E-state index contributed by atoms with van der Waals surface area (Å²) in [7, 11) is 0. The third-order valence-electron chi connectivity index (χ3n) is 6.79. The van der Waals surface area contributed by atoms with Gasteiger partial charge in [0.15, 0.2) is 5.65 Å². The summed E-state index contributed by atoms with van der Waals surface area (Å²) in [5.41, 5.74) is 8.67. The second-order valence-electron chi connectivity index (χ2n) is 9.90. The van der Waals surface area contributed by atoms with E-state index in [0.717, 1.165) is 59.9 Å². The highest BCUT2D eigenvalue weighted by atomic mass is 16.1. The molecule has 0 atom stereocenters. The van der Waals surface area contributed by atoms with Gasteiger partial charge in [0, 0.05) is 48.9 Å². The SMILES string of the molecule is Cc1cccc(CNC(=O)C2CCN(c3cc(C)nc4cc(-c5cc(C)cc(C)c5)nn34)CC2)c1. The first kappa shape index (κ1) is 23.1. The van der Waals surface area contributed by atoms with Crippen molar-refractivity contribution in [2.24, 2.45) is 5.92 Å². The number of aromatic nitrogens is 3. The molecule has 0 spiro atoms. The normalized spacial score (nSPS) is 14.5. The molecule has 1 aliphatic rings. The molecule has 5 rings (SSSR count). The highest BCUT2D eigenvalue weighted by Crippen LogP contribution is 2.28. The highest BCUT2D eigenvalue weighted by molar-refractivity contribution is 5.79. The van der Waals surface area contributed by atoms with Crippen LogP contribution in [0.4, 0.5) is 5.82 Å². The summed E-state index contributed by atoms with van der Waals surface area (Å²) in [6, 6.07) is 19.0. The molecular weight excluding hydrogens is 434 g/mol. The van der Waals surface area contributed by atoms with Gasteiger partial charge in [-0.2, -0.15) is 9.61 Å². The number of benzene rings is 2. The molecular formula is C29H33N5O. The Bertz CT molecular complexity index is 1360. The zero-order chi connectivity index (χ0) is 24.5. The van der Waals surface area contributed by atoms with Crippen molar-refractivity contribution in [1.29, 1.82) is 0 Å². The van der Waals surface area contributed by atoms with E-state index in [-0.39, 0.29) is 11.8 Å². The molecule has 1 saturated heterocycles. The molecule has 3 heterocycles. The summed E-state index contributed by atoms with van der Waals surface area (Å²) in [5, 5.41) is 8.07. The fourth-order valence-electron chi connectivity index (χ4n) is 5.10. The Morgan fingerprint density at radius 2 is 1.69 bits per heavy atom. The minimum atomic E-state index is 0.0398. The number of carbonyl (C=O) groups excluding carboxylic acids is 1. The van der Waals surface area contributed by atoms with Gasteiger partial charge in [0.2, 0.25) is 5.91 Å². The summed E-state index contributed by atoms with van der Waals surface area (Å²) in [6.45, 7) is 10.5. The van der Waals surface area contributed by atoms with E-state index in [1.54, 1.807) is 0 Å². The van der Waals surface area contributed by atoms with Crippen LogP contribution in [-0.4, -0.2) is 33.6 Å². The van der Waals surface area contributed by atoms with Crippen LogP contribution in [0.3, 0.4) is 0 Å². The minimum absolute atomic E-state index is 0.0398. The van der Waals surface area contributed by atoms with Gasteiger partial charge in [-0.1, -0.05) is 47.0 Å². The molecule has 6 nitrogen and oxygen atoms in total. The van der Waals surface area contributed by atoms with Gasteiger partial charge >= 0.3 is 0 Å². The van der Waals surface area contributed by atoms with Gasteiger partial charge in [-0.3, -0.25) is 4.79 Å². The second-order valence-corrected chi connectivity index (χ2v) is 9.90. The Kier molecular flexibility index (Phi) is 6.29. The van der Waals surface area contributed by atoms with E-state index in [1.807, 2.05) is 17.5 Å². The van der Waals surface area contributed by atoms with E-state index in [0.29, 0.717) is 6.54 Å². The average Bonchev–Trinajstić information content (AvgIpc) is 3.26. The van der Waals surface area contributed by atoms with Crippen LogP contribution in [0.25, 0.3) is 16.9 Å². The van der Waals surface area contributed by atoms with Crippen LogP contribution in [0.5, 0.6) is 0 Å². The molecule has 1 N–H and O–H groups in total. The summed E-state index contributed by atoms with van der Waals surface area (Å²) in [5.74, 6) is 1.23. The maximum Gasteiger partial charge on any atom is 0.223 e. The second kappa shape index (κ2) is 9.53. The number of piperidine rings is 1. The Balaban J connectivity index is 1.30. The quantitative estimate of drug-likeness (QED) is 0.440. The number of anilines is 1. The van der Waals surface area contributed by atoms with E-state index in [2.05, 4.69) is 79.5 Å². The molecule has 2 aromatic carbocycles. The van der Waals surface area contributed by atoms with Gasteiger partial charge in [-0.15, -0.1) is 0 Å². The molecule has 35 heavy (non-hydrogen) atoms. The van der Waals surface area contributed by atoms with E-state index in [4.69, 9.17) is 10.1 Å². The first-order chi connectivity index (χ1) is 16.9. The molecule has 1 aliphatic heterocycles. The lowest BCUT2D eigenvalue weighted by atomic mass is 9.95. The fourth-order valence-corrected chi connectivity index (χ4v) is 5.10. The van der Waals surface area contributed by atoms with Gasteiger partial charge in [-0.05, 0) is 58.2 Å². The molecule has 6 heteroatoms. The third-order valence-corrected chi connectivity index (χ3v) is 6.79. The van der Waals surface area contributed by atoms with Crippen molar-refractivity contribution in [2.75, 3.05) is 18.0 Å². The summed E-state index contributed by atoms with van der Waals surface area (Å²) >= 11 is 0. The maximum absolute atomic E-state index is 12.8. The smallest absolute Gasteiger partial charge is 0.223 e. The van der Waals surface area contributed by atoms with Gasteiger partial charge in [0.05, 0.1) is 5.69 Å². The summed E-state index contributed by atoms with van der Waals surface area (Å²) in [6.07, 6.45) is 1.65. The van der Waals surface area contributed by atoms with E-state index in [9.17, 15) is 4.79 Å². The van der Waals surface area contributed by atoms with Crippen LogP contribution in [0.2, 0.25) is 0 Å². The van der Waals surface area contributed by atoms with Crippen LogP contribution < -0.4 is 10.2 Å². The number of nitrogens with one attached hydrogen (secondary N) is 1. The van der Waals surface area contributed by atoms with Crippen molar-refractivity contribution in [3.05, 3.63) is 82.5 Å². The largest absolute Gasteiger partial charge is 0.356 e. The van der Waals surface area contributed by atoms with E-state index < -0.39 is 0 Å². The number of amides is 1. The first-order valence-corrected chi connectivity index (χ1v) is 12.4. The number of hydrogen-bond acceptors (Lipinski definition) is 4. The molecule has 1 amide bonds. The van der Waals surface area contributed by atoms with Crippen LogP contribution in [0.15, 0.2) is 54.6 Å². The number of fused-ring (bicyclic) bond motifs is 1. The minimum Gasteiger partial charge on any atom is -0.356 e. The Morgan fingerprint density at radius 3 is 2.40 bits per heavy atom. The summed E-state index contributed by atoms with van der Waals surface area (Å²) in [4.78, 5) is 19.9. The van der Waals surface area contributed by atoms with E-state index >= 15 is 0 Å². The Labute approximate surface area is 207 Å². The lowest BCUT2D eigenvalue weighted by Gasteiger charge is -2.33. The molecule has 180 valence electrons. The fraction of sp³-hybridized carbons (Fsp3) is 0.345. The van der Waals surface area contributed by atoms with Crippen molar-refractivity contribution in [3.63, 3.8) is 0 Å². The first-order valence-electron chi connectivity index (χ1n) is 12.4. The lowest BCUT2D eigenvalue weighted by molar-refractivity contribution is -0.125. The van der Waals surface area contributed by atoms with Crippen LogP contribution in [0, 0.1) is 33.6 Å². The highest BCUT2D eigenvalue weighted by Gasteiger charge is 2.26. The zero-order valence-electron chi connectivity index (χ0n) is 21.0. The molecule has 0 unspecified atom stereocenters. The standard InChI is InChI=1S/C29H33N5O/c1-19-6-5-7-23(13-19)18-30-29(35)24-8-10-33(11-9-24)28-16-22(4)31-27-17-26(32-34(27)28)25-14-20(2)12-21(3)15-25/h5-7,12-17,24H,8-11,18H2,1-4H3,(H,30,35). The third kappa shape index (κ3) is 5.06. The molecule has 0 saturated carbocycles. The number of nitrogens with zero attached hydrogens (tertiary/aromatic N) is 4. The van der Waals surface area contributed by atoms with Crippen LogP contribution in [-0.2, 0) is 11.3 Å². The zero-order valence-corrected chi connectivity index (χ0v) is 21.0. The van der Waals surface area contributed by atoms with Crippen LogP contribution in [0.1, 0.15) is 40.8 Å². The maximum atomic E-state index is 12.8. The molecule has 0 aliphatic carbocycles. The van der Waals surface area contributed by atoms with Crippen LogP contribution >= 0.6 is 0 Å². The van der Waals surface area contributed by atoms with Crippen molar-refractivity contribution in [2.45, 2.75) is 47.1 Å². The van der Waals surface area contributed by atoms with Gasteiger partial charge in [-0.25, -0.2) is 4.98 Å². The Hall–Kier alpha value is -3.67. The molecule has 2 aromatic heterocycles. The molecule has 0 bridgehead atoms. The van der Waals surface area contributed by atoms with E-state index in [1.165, 1.54) is 16.7 Å².